The Morgan fingerprint density at radius 2 is 2.30 bits per heavy atom. The van der Waals surface area contributed by atoms with Crippen molar-refractivity contribution in [1.82, 2.24) is 15.5 Å². The minimum atomic E-state index is -0.377. The Bertz CT molecular complexity index is 667. The van der Waals surface area contributed by atoms with Crippen molar-refractivity contribution in [3.8, 4) is 5.75 Å². The lowest BCUT2D eigenvalue weighted by Crippen LogP contribution is -2.28. The van der Waals surface area contributed by atoms with Crippen molar-refractivity contribution in [3.05, 3.63) is 36.0 Å². The third kappa shape index (κ3) is 3.78. The normalized spacial score (nSPS) is 17.0. The lowest BCUT2D eigenvalue weighted by atomic mass is 10.2. The molecular weight excluding hydrogens is 300 g/mol. The predicted molar refractivity (Wildman–Crippen MR) is 81.1 cm³/mol. The number of amides is 2. The number of nitrogens with zero attached hydrogens (tertiary/aromatic N) is 2. The Morgan fingerprint density at radius 1 is 1.43 bits per heavy atom. The SMILES string of the molecule is COc1ccccc1NC(=O)NCc1noc(C2CCCO2)n1. The number of benzene rings is 1. The van der Waals surface area contributed by atoms with E-state index in [0.717, 1.165) is 12.8 Å². The van der Waals surface area contributed by atoms with E-state index in [1.165, 1.54) is 0 Å². The number of aromatic nitrogens is 2. The third-order valence-corrected chi connectivity index (χ3v) is 3.45. The smallest absolute Gasteiger partial charge is 0.319 e. The van der Waals surface area contributed by atoms with Crippen LogP contribution in [0.2, 0.25) is 0 Å². The van der Waals surface area contributed by atoms with Gasteiger partial charge in [-0.1, -0.05) is 17.3 Å². The molecule has 23 heavy (non-hydrogen) atoms. The molecule has 2 N–H and O–H groups in total. The summed E-state index contributed by atoms with van der Waals surface area (Å²) in [5.41, 5.74) is 0.584. The highest BCUT2D eigenvalue weighted by Gasteiger charge is 2.23. The molecule has 8 nitrogen and oxygen atoms in total. The van der Waals surface area contributed by atoms with Gasteiger partial charge in [0.1, 0.15) is 11.9 Å². The van der Waals surface area contributed by atoms with E-state index in [4.69, 9.17) is 14.0 Å². The number of anilines is 1. The first-order valence-electron chi connectivity index (χ1n) is 7.38. The quantitative estimate of drug-likeness (QED) is 0.877. The monoisotopic (exact) mass is 318 g/mol. The number of urea groups is 1. The Kier molecular flexibility index (Phi) is 4.72. The van der Waals surface area contributed by atoms with Crippen LogP contribution in [0.4, 0.5) is 10.5 Å². The molecule has 1 fully saturated rings. The van der Waals surface area contributed by atoms with Gasteiger partial charge < -0.3 is 24.6 Å². The molecule has 0 bridgehead atoms. The van der Waals surface area contributed by atoms with Crippen LogP contribution < -0.4 is 15.4 Å². The summed E-state index contributed by atoms with van der Waals surface area (Å²) in [6, 6.07) is 6.78. The highest BCUT2D eigenvalue weighted by molar-refractivity contribution is 5.90. The Morgan fingerprint density at radius 3 is 3.09 bits per heavy atom. The van der Waals surface area contributed by atoms with Crippen LogP contribution in [-0.4, -0.2) is 29.9 Å². The second-order valence-corrected chi connectivity index (χ2v) is 5.06. The van der Waals surface area contributed by atoms with Crippen molar-refractivity contribution in [1.29, 1.82) is 0 Å². The Balaban J connectivity index is 1.52. The van der Waals surface area contributed by atoms with Crippen molar-refractivity contribution in [2.24, 2.45) is 0 Å². The van der Waals surface area contributed by atoms with Gasteiger partial charge in [0.15, 0.2) is 5.82 Å². The standard InChI is InChI=1S/C15H18N4O4/c1-21-11-6-3-2-5-10(11)17-15(20)16-9-13-18-14(23-19-13)12-7-4-8-22-12/h2-3,5-6,12H,4,7-9H2,1H3,(H2,16,17,20). The molecule has 1 aliphatic heterocycles. The first kappa shape index (κ1) is 15.3. The van der Waals surface area contributed by atoms with Crippen LogP contribution in [-0.2, 0) is 11.3 Å². The molecule has 1 aromatic carbocycles. The van der Waals surface area contributed by atoms with E-state index < -0.39 is 0 Å². The number of rotatable bonds is 5. The van der Waals surface area contributed by atoms with Crippen LogP contribution in [0.1, 0.15) is 30.7 Å². The third-order valence-electron chi connectivity index (χ3n) is 3.45. The van der Waals surface area contributed by atoms with Gasteiger partial charge in [-0.25, -0.2) is 4.79 Å². The largest absolute Gasteiger partial charge is 0.495 e. The van der Waals surface area contributed by atoms with Gasteiger partial charge in [0, 0.05) is 6.61 Å². The molecule has 3 rings (SSSR count). The van der Waals surface area contributed by atoms with Crippen LogP contribution in [0.15, 0.2) is 28.8 Å². The summed E-state index contributed by atoms with van der Waals surface area (Å²) in [5, 5.41) is 9.22. The maximum Gasteiger partial charge on any atom is 0.319 e. The molecule has 2 amide bonds. The van der Waals surface area contributed by atoms with E-state index in [9.17, 15) is 4.79 Å². The molecule has 2 heterocycles. The van der Waals surface area contributed by atoms with Crippen molar-refractivity contribution in [3.63, 3.8) is 0 Å². The fourth-order valence-electron chi connectivity index (χ4n) is 2.32. The van der Waals surface area contributed by atoms with Gasteiger partial charge in [-0.3, -0.25) is 0 Å². The average molecular weight is 318 g/mol. The number of hydrogen-bond donors (Lipinski definition) is 2. The topological polar surface area (TPSA) is 98.5 Å². The lowest BCUT2D eigenvalue weighted by molar-refractivity contribution is 0.0835. The molecule has 0 radical (unpaired) electrons. The number of methoxy groups -OCH3 is 1. The fourth-order valence-corrected chi connectivity index (χ4v) is 2.32. The molecule has 0 spiro atoms. The fraction of sp³-hybridized carbons (Fsp3) is 0.400. The zero-order valence-electron chi connectivity index (χ0n) is 12.7. The van der Waals surface area contributed by atoms with Crippen LogP contribution in [0.25, 0.3) is 0 Å². The van der Waals surface area contributed by atoms with Crippen LogP contribution in [0, 0.1) is 0 Å². The highest BCUT2D eigenvalue weighted by atomic mass is 16.5. The molecule has 122 valence electrons. The molecule has 1 saturated heterocycles. The van der Waals surface area contributed by atoms with Crippen LogP contribution in [0.5, 0.6) is 5.75 Å². The van der Waals surface area contributed by atoms with Crippen molar-refractivity contribution < 1.29 is 18.8 Å². The zero-order valence-corrected chi connectivity index (χ0v) is 12.7. The number of nitrogens with one attached hydrogen (secondary N) is 2. The summed E-state index contributed by atoms with van der Waals surface area (Å²) >= 11 is 0. The molecule has 2 aromatic rings. The average Bonchev–Trinajstić information content (AvgIpc) is 3.24. The summed E-state index contributed by atoms with van der Waals surface area (Å²) in [5.74, 6) is 1.46. The summed E-state index contributed by atoms with van der Waals surface area (Å²) in [6.07, 6.45) is 1.74. The van der Waals surface area contributed by atoms with E-state index in [0.29, 0.717) is 29.8 Å². The summed E-state index contributed by atoms with van der Waals surface area (Å²) in [6.45, 7) is 0.874. The molecule has 1 aromatic heterocycles. The lowest BCUT2D eigenvalue weighted by Gasteiger charge is -2.09. The number of ether oxygens (including phenoxy) is 2. The van der Waals surface area contributed by atoms with Crippen LogP contribution in [0.3, 0.4) is 0 Å². The van der Waals surface area contributed by atoms with Gasteiger partial charge in [0.2, 0.25) is 0 Å². The second-order valence-electron chi connectivity index (χ2n) is 5.06. The highest BCUT2D eigenvalue weighted by Crippen LogP contribution is 2.27. The predicted octanol–water partition coefficient (Wildman–Crippen LogP) is 2.25. The van der Waals surface area contributed by atoms with E-state index in [1.54, 1.807) is 19.2 Å². The Hall–Kier alpha value is -2.61. The number of carbonyl (C=O) groups excluding carboxylic acids is 1. The molecule has 1 unspecified atom stereocenters. The van der Waals surface area contributed by atoms with Crippen molar-refractivity contribution in [2.75, 3.05) is 19.0 Å². The van der Waals surface area contributed by atoms with Crippen molar-refractivity contribution in [2.45, 2.75) is 25.5 Å². The van der Waals surface area contributed by atoms with Gasteiger partial charge >= 0.3 is 6.03 Å². The van der Waals surface area contributed by atoms with Gasteiger partial charge in [-0.15, -0.1) is 0 Å². The Labute approximate surface area is 133 Å². The summed E-state index contributed by atoms with van der Waals surface area (Å²) in [7, 11) is 1.55. The number of hydrogen-bond acceptors (Lipinski definition) is 6. The van der Waals surface area contributed by atoms with Crippen molar-refractivity contribution >= 4 is 11.7 Å². The first-order chi connectivity index (χ1) is 11.3. The summed E-state index contributed by atoms with van der Waals surface area (Å²) in [4.78, 5) is 16.2. The minimum absolute atomic E-state index is 0.126. The van der Waals surface area contributed by atoms with Gasteiger partial charge in [-0.2, -0.15) is 4.98 Å². The maximum atomic E-state index is 11.9. The van der Waals surface area contributed by atoms with E-state index in [-0.39, 0.29) is 18.7 Å². The van der Waals surface area contributed by atoms with E-state index in [1.807, 2.05) is 12.1 Å². The second kappa shape index (κ2) is 7.10. The maximum absolute atomic E-state index is 11.9. The van der Waals surface area contributed by atoms with Crippen LogP contribution >= 0.6 is 0 Å². The number of para-hydroxylation sites is 2. The van der Waals surface area contributed by atoms with Gasteiger partial charge in [0.25, 0.3) is 5.89 Å². The van der Waals surface area contributed by atoms with E-state index >= 15 is 0 Å². The van der Waals surface area contributed by atoms with Gasteiger partial charge in [0.05, 0.1) is 19.3 Å². The molecule has 0 saturated carbocycles. The molecule has 8 heteroatoms. The molecule has 1 atom stereocenters. The molecule has 1 aliphatic rings. The minimum Gasteiger partial charge on any atom is -0.495 e. The first-order valence-corrected chi connectivity index (χ1v) is 7.38. The summed E-state index contributed by atoms with van der Waals surface area (Å²) < 4.78 is 15.8. The zero-order chi connectivity index (χ0) is 16.1. The van der Waals surface area contributed by atoms with E-state index in [2.05, 4.69) is 20.8 Å². The molecule has 0 aliphatic carbocycles. The number of carbonyl (C=O) groups is 1. The molecular formula is C15H18N4O4. The van der Waals surface area contributed by atoms with Gasteiger partial charge in [-0.05, 0) is 25.0 Å².